The maximum Gasteiger partial charge on any atom is 0.254 e. The van der Waals surface area contributed by atoms with Crippen LogP contribution in [0.1, 0.15) is 42.1 Å². The van der Waals surface area contributed by atoms with Crippen molar-refractivity contribution in [3.05, 3.63) is 47.8 Å². The molecule has 5 nitrogen and oxygen atoms in total. The molecule has 2 aliphatic heterocycles. The zero-order valence-corrected chi connectivity index (χ0v) is 12.4. The zero-order chi connectivity index (χ0) is 16.0. The first-order chi connectivity index (χ1) is 11.1. The van der Waals surface area contributed by atoms with Crippen molar-refractivity contribution in [3.8, 4) is 0 Å². The van der Waals surface area contributed by atoms with Gasteiger partial charge < -0.3 is 4.90 Å². The number of benzene rings is 1. The number of fused-ring (bicyclic) bond motifs is 2. The van der Waals surface area contributed by atoms with Gasteiger partial charge in [-0.15, -0.1) is 0 Å². The van der Waals surface area contributed by atoms with Crippen LogP contribution in [0.3, 0.4) is 0 Å². The predicted molar refractivity (Wildman–Crippen MR) is 77.6 cm³/mol. The molecular weight excluding hydrogens is 302 g/mol. The highest BCUT2D eigenvalue weighted by molar-refractivity contribution is 5.95. The smallest absolute Gasteiger partial charge is 0.254 e. The molecule has 2 bridgehead atoms. The number of aromatic nitrogens is 3. The lowest BCUT2D eigenvalue weighted by atomic mass is 9.96. The molecule has 0 saturated carbocycles. The summed E-state index contributed by atoms with van der Waals surface area (Å²) in [6, 6.07) is 3.73. The van der Waals surface area contributed by atoms with Gasteiger partial charge in [0.05, 0.1) is 18.4 Å². The lowest BCUT2D eigenvalue weighted by molar-refractivity contribution is 0.0511. The molecule has 0 spiro atoms. The number of hydrogen-bond acceptors (Lipinski definition) is 3. The number of piperidine rings is 1. The van der Waals surface area contributed by atoms with Crippen molar-refractivity contribution in [1.29, 1.82) is 0 Å². The number of halogens is 2. The second kappa shape index (κ2) is 5.40. The first-order valence-corrected chi connectivity index (χ1v) is 7.77. The van der Waals surface area contributed by atoms with Gasteiger partial charge in [-0.3, -0.25) is 4.79 Å². The van der Waals surface area contributed by atoms with Crippen molar-refractivity contribution >= 4 is 5.91 Å². The third-order valence-corrected chi connectivity index (χ3v) is 4.87. The second-order valence-electron chi connectivity index (χ2n) is 6.20. The quantitative estimate of drug-likeness (QED) is 0.855. The number of carbonyl (C=O) groups is 1. The molecule has 2 atom stereocenters. The third-order valence-electron chi connectivity index (χ3n) is 4.87. The highest BCUT2D eigenvalue weighted by Gasteiger charge is 2.44. The summed E-state index contributed by atoms with van der Waals surface area (Å²) in [6.45, 7) is 0. The Labute approximate surface area is 131 Å². The third kappa shape index (κ3) is 2.40. The summed E-state index contributed by atoms with van der Waals surface area (Å²) in [7, 11) is 0. The lowest BCUT2D eigenvalue weighted by Crippen LogP contribution is -2.47. The molecule has 0 unspecified atom stereocenters. The van der Waals surface area contributed by atoms with Crippen LogP contribution in [-0.4, -0.2) is 37.9 Å². The van der Waals surface area contributed by atoms with E-state index in [1.165, 1.54) is 6.07 Å². The van der Waals surface area contributed by atoms with Crippen LogP contribution in [0.2, 0.25) is 0 Å². The number of carbonyl (C=O) groups excluding carboxylic acids is 1. The van der Waals surface area contributed by atoms with Gasteiger partial charge in [0.25, 0.3) is 5.91 Å². The molecule has 7 heteroatoms. The van der Waals surface area contributed by atoms with Crippen molar-refractivity contribution in [2.45, 2.75) is 43.8 Å². The monoisotopic (exact) mass is 318 g/mol. The molecule has 2 aliphatic rings. The summed E-state index contributed by atoms with van der Waals surface area (Å²) in [5.41, 5.74) is 0.205. The minimum absolute atomic E-state index is 0.102. The Kier molecular flexibility index (Phi) is 3.36. The Balaban J connectivity index is 1.56. The average molecular weight is 318 g/mol. The molecule has 0 radical (unpaired) electrons. The van der Waals surface area contributed by atoms with E-state index >= 15 is 0 Å². The molecule has 1 aromatic heterocycles. The Morgan fingerprint density at radius 1 is 1.00 bits per heavy atom. The first kappa shape index (κ1) is 14.3. The Hall–Kier alpha value is -2.31. The molecule has 3 heterocycles. The molecule has 2 fully saturated rings. The van der Waals surface area contributed by atoms with Crippen LogP contribution in [0, 0.1) is 11.6 Å². The molecule has 2 aromatic rings. The Morgan fingerprint density at radius 3 is 2.26 bits per heavy atom. The van der Waals surface area contributed by atoms with Gasteiger partial charge in [0.1, 0.15) is 0 Å². The number of nitrogens with zero attached hydrogens (tertiary/aromatic N) is 4. The minimum Gasteiger partial charge on any atom is -0.333 e. The Morgan fingerprint density at radius 2 is 1.65 bits per heavy atom. The highest BCUT2D eigenvalue weighted by Crippen LogP contribution is 2.41. The highest BCUT2D eigenvalue weighted by atomic mass is 19.2. The van der Waals surface area contributed by atoms with Crippen LogP contribution in [0.25, 0.3) is 0 Å². The molecule has 2 saturated heterocycles. The normalized spacial score (nSPS) is 26.5. The summed E-state index contributed by atoms with van der Waals surface area (Å²) in [5.74, 6) is -2.14. The van der Waals surface area contributed by atoms with Gasteiger partial charge in [-0.2, -0.15) is 15.0 Å². The van der Waals surface area contributed by atoms with E-state index in [1.807, 2.05) is 4.90 Å². The van der Waals surface area contributed by atoms with Gasteiger partial charge in [-0.25, -0.2) is 8.78 Å². The van der Waals surface area contributed by atoms with E-state index in [4.69, 9.17) is 0 Å². The van der Waals surface area contributed by atoms with Crippen molar-refractivity contribution < 1.29 is 13.6 Å². The average Bonchev–Trinajstić information content (AvgIpc) is 3.16. The molecule has 0 aliphatic carbocycles. The fourth-order valence-electron chi connectivity index (χ4n) is 3.86. The number of hydrogen-bond donors (Lipinski definition) is 0. The molecular formula is C16H16F2N4O. The van der Waals surface area contributed by atoms with E-state index in [2.05, 4.69) is 10.2 Å². The van der Waals surface area contributed by atoms with E-state index in [0.717, 1.165) is 37.8 Å². The van der Waals surface area contributed by atoms with E-state index in [1.54, 1.807) is 17.2 Å². The van der Waals surface area contributed by atoms with Gasteiger partial charge in [0.15, 0.2) is 11.6 Å². The lowest BCUT2D eigenvalue weighted by Gasteiger charge is -2.38. The molecule has 1 aromatic carbocycles. The molecule has 1 amide bonds. The van der Waals surface area contributed by atoms with Crippen LogP contribution in [-0.2, 0) is 0 Å². The zero-order valence-electron chi connectivity index (χ0n) is 12.4. The molecule has 120 valence electrons. The maximum absolute atomic E-state index is 13.4. The van der Waals surface area contributed by atoms with E-state index in [9.17, 15) is 13.6 Å². The van der Waals surface area contributed by atoms with Crippen LogP contribution >= 0.6 is 0 Å². The van der Waals surface area contributed by atoms with Gasteiger partial charge in [-0.1, -0.05) is 0 Å². The molecule has 0 N–H and O–H groups in total. The number of rotatable bonds is 2. The van der Waals surface area contributed by atoms with Crippen molar-refractivity contribution in [2.75, 3.05) is 0 Å². The SMILES string of the molecule is O=C(c1ccc(F)c(F)c1)N1[C@H]2CC[C@H]1CC(n1nccn1)C2. The first-order valence-electron chi connectivity index (χ1n) is 7.77. The summed E-state index contributed by atoms with van der Waals surface area (Å²) < 4.78 is 26.5. The van der Waals surface area contributed by atoms with Gasteiger partial charge in [0.2, 0.25) is 0 Å². The van der Waals surface area contributed by atoms with Crippen molar-refractivity contribution in [1.82, 2.24) is 19.9 Å². The number of amides is 1. The minimum atomic E-state index is -0.987. The van der Waals surface area contributed by atoms with Crippen LogP contribution in [0.4, 0.5) is 8.78 Å². The fraction of sp³-hybridized carbons (Fsp3) is 0.438. The topological polar surface area (TPSA) is 51.0 Å². The van der Waals surface area contributed by atoms with E-state index in [0.29, 0.717) is 0 Å². The van der Waals surface area contributed by atoms with Crippen molar-refractivity contribution in [3.63, 3.8) is 0 Å². The fourth-order valence-corrected chi connectivity index (χ4v) is 3.86. The summed E-state index contributed by atoms with van der Waals surface area (Å²) >= 11 is 0. The van der Waals surface area contributed by atoms with E-state index in [-0.39, 0.29) is 29.6 Å². The van der Waals surface area contributed by atoms with Crippen LogP contribution in [0.5, 0.6) is 0 Å². The van der Waals surface area contributed by atoms with Gasteiger partial charge >= 0.3 is 0 Å². The predicted octanol–water partition coefficient (Wildman–Crippen LogP) is 2.56. The van der Waals surface area contributed by atoms with Crippen molar-refractivity contribution in [2.24, 2.45) is 0 Å². The summed E-state index contributed by atoms with van der Waals surface area (Å²) in [6.07, 6.45) is 6.75. The van der Waals surface area contributed by atoms with E-state index < -0.39 is 11.6 Å². The van der Waals surface area contributed by atoms with Gasteiger partial charge in [-0.05, 0) is 43.9 Å². The Bertz CT molecular complexity index is 720. The van der Waals surface area contributed by atoms with Crippen LogP contribution in [0.15, 0.2) is 30.6 Å². The largest absolute Gasteiger partial charge is 0.333 e. The van der Waals surface area contributed by atoms with Gasteiger partial charge in [0, 0.05) is 17.6 Å². The molecule has 23 heavy (non-hydrogen) atoms. The standard InChI is InChI=1S/C16H16F2N4O/c17-14-4-1-10(7-15(14)18)16(23)21-11-2-3-12(21)9-13(8-11)22-19-5-6-20-22/h1,4-7,11-13H,2-3,8-9H2/t11-,12-/m0/s1. The maximum atomic E-state index is 13.4. The second-order valence-corrected chi connectivity index (χ2v) is 6.20. The van der Waals surface area contributed by atoms with Crippen LogP contribution < -0.4 is 0 Å². The molecule has 4 rings (SSSR count). The summed E-state index contributed by atoms with van der Waals surface area (Å²) in [4.78, 5) is 16.3. The summed E-state index contributed by atoms with van der Waals surface area (Å²) in [5, 5.41) is 8.39.